The minimum Gasteiger partial charge on any atom is -0.305 e. The summed E-state index contributed by atoms with van der Waals surface area (Å²) >= 11 is 0. The first-order chi connectivity index (χ1) is 18.4. The number of hydrogen-bond acceptors (Lipinski definition) is 3. The zero-order valence-electron chi connectivity index (χ0n) is 21.9. The number of hydrogen-bond donors (Lipinski definition) is 0. The maximum absolute atomic E-state index is 8.85. The number of aryl methyl sites for hydroxylation is 1. The fraction of sp³-hybridized carbons (Fsp3) is 0.0323. The van der Waals surface area contributed by atoms with Crippen molar-refractivity contribution in [1.82, 2.24) is 9.97 Å². The van der Waals surface area contributed by atoms with Gasteiger partial charge < -0.3 is 9.97 Å². The molecule has 0 saturated heterocycles. The Morgan fingerprint density at radius 2 is 1.58 bits per heavy atom. The van der Waals surface area contributed by atoms with E-state index in [2.05, 4.69) is 45.1 Å². The van der Waals surface area contributed by atoms with Crippen LogP contribution in [0.3, 0.4) is 0 Å². The molecular formula is C31H20IrN4-2. The number of aromatic nitrogens is 2. The summed E-state index contributed by atoms with van der Waals surface area (Å²) in [5.74, 6) is 0. The molecule has 36 heavy (non-hydrogen) atoms. The molecule has 2 heterocycles. The molecule has 0 saturated carbocycles. The minimum atomic E-state index is -2.19. The van der Waals surface area contributed by atoms with Crippen molar-refractivity contribution < 1.29 is 24.2 Å². The molecule has 0 atom stereocenters. The van der Waals surface area contributed by atoms with Crippen molar-refractivity contribution >= 4 is 5.69 Å². The van der Waals surface area contributed by atoms with Gasteiger partial charge in [0.2, 0.25) is 0 Å². The zero-order valence-corrected chi connectivity index (χ0v) is 21.3. The maximum Gasteiger partial charge on any atom is 0.123 e. The largest absolute Gasteiger partial charge is 0.305 e. The van der Waals surface area contributed by atoms with E-state index in [1.165, 1.54) is 23.9 Å². The average Bonchev–Trinajstić information content (AvgIpc) is 2.98. The Morgan fingerprint density at radius 3 is 2.19 bits per heavy atom. The van der Waals surface area contributed by atoms with Crippen molar-refractivity contribution in [3.63, 3.8) is 0 Å². The van der Waals surface area contributed by atoms with Gasteiger partial charge in [-0.05, 0) is 40.5 Å². The van der Waals surface area contributed by atoms with Crippen molar-refractivity contribution in [2.45, 2.75) is 6.85 Å². The molecule has 3 aromatic carbocycles. The van der Waals surface area contributed by atoms with Crippen LogP contribution in [-0.2, 0) is 20.1 Å². The van der Waals surface area contributed by atoms with Gasteiger partial charge >= 0.3 is 0 Å². The smallest absolute Gasteiger partial charge is 0.123 e. The maximum atomic E-state index is 8.85. The summed E-state index contributed by atoms with van der Waals surface area (Å²) < 4.78 is 21.8. The fourth-order valence-electron chi connectivity index (χ4n) is 3.27. The Labute approximate surface area is 229 Å². The van der Waals surface area contributed by atoms with Crippen molar-refractivity contribution in [1.29, 1.82) is 5.26 Å². The van der Waals surface area contributed by atoms with Gasteiger partial charge in [-0.25, -0.2) is 5.26 Å². The third-order valence-corrected chi connectivity index (χ3v) is 5.05. The topological polar surface area (TPSA) is 53.9 Å². The molecule has 0 amide bonds. The SMILES string of the molecule is [2H]C([2H])([2H])c1ccc(-c2[c-]c([N+]#[C-])c(C#N)cc2)nc1.[Ir].[c-]1ccccc1-c1ccc(-c2ccccc2)cn1. The molecule has 2 aromatic heterocycles. The second-order valence-corrected chi connectivity index (χ2v) is 7.36. The summed E-state index contributed by atoms with van der Waals surface area (Å²) in [4.78, 5) is 11.8. The van der Waals surface area contributed by atoms with Crippen LogP contribution in [0.2, 0.25) is 0 Å². The van der Waals surface area contributed by atoms with E-state index < -0.39 is 6.85 Å². The van der Waals surface area contributed by atoms with E-state index in [9.17, 15) is 0 Å². The summed E-state index contributed by atoms with van der Waals surface area (Å²) in [6.45, 7) is 4.82. The van der Waals surface area contributed by atoms with Crippen LogP contribution in [0, 0.1) is 36.9 Å². The monoisotopic (exact) mass is 644 g/mol. The van der Waals surface area contributed by atoms with Crippen LogP contribution in [0.4, 0.5) is 5.69 Å². The van der Waals surface area contributed by atoms with E-state index in [1.807, 2.05) is 60.8 Å². The second kappa shape index (κ2) is 12.9. The number of nitriles is 1. The van der Waals surface area contributed by atoms with Crippen molar-refractivity contribution in [2.75, 3.05) is 0 Å². The second-order valence-electron chi connectivity index (χ2n) is 7.36. The van der Waals surface area contributed by atoms with Crippen molar-refractivity contribution in [3.05, 3.63) is 138 Å². The molecule has 0 N–H and O–H groups in total. The van der Waals surface area contributed by atoms with Crippen LogP contribution >= 0.6 is 0 Å². The van der Waals surface area contributed by atoms with E-state index in [-0.39, 0.29) is 36.9 Å². The van der Waals surface area contributed by atoms with Gasteiger partial charge in [-0.1, -0.05) is 54.6 Å². The Kier molecular flexibility index (Phi) is 7.90. The molecular weight excluding hydrogens is 621 g/mol. The van der Waals surface area contributed by atoms with Gasteiger partial charge in [-0.2, -0.15) is 0 Å². The van der Waals surface area contributed by atoms with Crippen molar-refractivity contribution in [3.8, 4) is 39.7 Å². The van der Waals surface area contributed by atoms with Gasteiger partial charge in [0.1, 0.15) is 5.69 Å². The molecule has 0 unspecified atom stereocenters. The van der Waals surface area contributed by atoms with Gasteiger partial charge in [-0.3, -0.25) is 4.85 Å². The fourth-order valence-corrected chi connectivity index (χ4v) is 3.27. The molecule has 175 valence electrons. The van der Waals surface area contributed by atoms with Crippen LogP contribution < -0.4 is 0 Å². The average molecular weight is 644 g/mol. The summed E-state index contributed by atoms with van der Waals surface area (Å²) in [6, 6.07) is 36.4. The van der Waals surface area contributed by atoms with Gasteiger partial charge in [0.05, 0.1) is 6.57 Å². The number of nitrogens with zero attached hydrogens (tertiary/aromatic N) is 4. The predicted molar refractivity (Wildman–Crippen MR) is 138 cm³/mol. The Morgan fingerprint density at radius 1 is 0.833 bits per heavy atom. The molecule has 0 aliphatic heterocycles. The zero-order chi connectivity index (χ0) is 27.0. The molecule has 4 nitrogen and oxygen atoms in total. The molecule has 0 aliphatic carbocycles. The summed E-state index contributed by atoms with van der Waals surface area (Å²) in [7, 11) is 0. The molecule has 0 spiro atoms. The first kappa shape index (κ1) is 22.1. The van der Waals surface area contributed by atoms with Crippen LogP contribution in [0.25, 0.3) is 38.5 Å². The number of rotatable bonds is 3. The predicted octanol–water partition coefficient (Wildman–Crippen LogP) is 7.49. The molecule has 5 rings (SSSR count). The van der Waals surface area contributed by atoms with Crippen LogP contribution in [0.15, 0.2) is 103 Å². The number of pyridine rings is 2. The molecule has 0 bridgehead atoms. The van der Waals surface area contributed by atoms with Gasteiger partial charge in [0.15, 0.2) is 0 Å². The summed E-state index contributed by atoms with van der Waals surface area (Å²) in [5.41, 5.74) is 5.89. The van der Waals surface area contributed by atoms with Gasteiger partial charge in [0.25, 0.3) is 0 Å². The van der Waals surface area contributed by atoms with E-state index >= 15 is 0 Å². The number of benzene rings is 3. The first-order valence-electron chi connectivity index (χ1n) is 12.2. The van der Waals surface area contributed by atoms with E-state index in [0.717, 1.165) is 16.8 Å². The van der Waals surface area contributed by atoms with E-state index in [4.69, 9.17) is 15.9 Å². The van der Waals surface area contributed by atoms with Gasteiger partial charge in [-0.15, -0.1) is 59.7 Å². The molecule has 1 radical (unpaired) electrons. The Balaban J connectivity index is 0.000000211. The van der Waals surface area contributed by atoms with Crippen LogP contribution in [0.1, 0.15) is 15.2 Å². The normalized spacial score (nSPS) is 11.1. The summed E-state index contributed by atoms with van der Waals surface area (Å²) in [6.07, 6.45) is 3.19. The molecule has 0 aliphatic rings. The summed E-state index contributed by atoms with van der Waals surface area (Å²) in [5, 5.41) is 8.85. The van der Waals surface area contributed by atoms with E-state index in [0.29, 0.717) is 11.3 Å². The Bertz CT molecular complexity index is 1530. The first-order valence-corrected chi connectivity index (χ1v) is 10.7. The Hall–Kier alpha value is -4.41. The van der Waals surface area contributed by atoms with E-state index in [1.54, 1.807) is 12.1 Å². The quantitative estimate of drug-likeness (QED) is 0.192. The standard InChI is InChI=1S/C17H12N.C14H8N3.Ir/c1-3-7-14(8-4-1)16-11-12-17(18-13-16)15-9-5-2-6-10-15;1-10-3-6-13(17-9-10)11-4-5-12(8-15)14(7-11)16-2;/h1-9,11-13H;3-6,9H,1H3;/q2*-1;/i;1D3;. The third-order valence-electron chi connectivity index (χ3n) is 5.05. The minimum absolute atomic E-state index is 0. The van der Waals surface area contributed by atoms with Crippen molar-refractivity contribution in [2.24, 2.45) is 0 Å². The molecule has 5 heteroatoms. The molecule has 5 aromatic rings. The third kappa shape index (κ3) is 6.59. The molecule has 0 fully saturated rings. The van der Waals surface area contributed by atoms with Crippen LogP contribution in [-0.4, -0.2) is 9.97 Å². The van der Waals surface area contributed by atoms with Crippen LogP contribution in [0.5, 0.6) is 0 Å². The van der Waals surface area contributed by atoms with Gasteiger partial charge in [0, 0.05) is 42.7 Å².